The lowest BCUT2D eigenvalue weighted by atomic mass is 10.1. The molecule has 1 saturated heterocycles. The predicted molar refractivity (Wildman–Crippen MR) is 92.0 cm³/mol. The summed E-state index contributed by atoms with van der Waals surface area (Å²) in [6.07, 6.45) is 0.440. The molecule has 1 heterocycles. The number of para-hydroxylation sites is 1. The van der Waals surface area contributed by atoms with Gasteiger partial charge < -0.3 is 20.1 Å². The first-order valence-corrected chi connectivity index (χ1v) is 8.19. The third-order valence-corrected chi connectivity index (χ3v) is 3.82. The molecule has 1 atom stereocenters. The molecule has 1 amide bonds. The Labute approximate surface area is 142 Å². The Kier molecular flexibility index (Phi) is 5.82. The summed E-state index contributed by atoms with van der Waals surface area (Å²) >= 11 is 0. The van der Waals surface area contributed by atoms with Crippen molar-refractivity contribution < 1.29 is 14.3 Å². The second-order valence-corrected chi connectivity index (χ2v) is 5.77. The highest BCUT2D eigenvalue weighted by Crippen LogP contribution is 2.21. The van der Waals surface area contributed by atoms with Crippen LogP contribution in [0.25, 0.3) is 0 Å². The molecule has 1 aliphatic rings. The Morgan fingerprint density at radius 3 is 2.58 bits per heavy atom. The molecule has 2 aromatic rings. The fourth-order valence-electron chi connectivity index (χ4n) is 2.55. The smallest absolute Gasteiger partial charge is 0.221 e. The van der Waals surface area contributed by atoms with Gasteiger partial charge in [0.25, 0.3) is 0 Å². The van der Waals surface area contributed by atoms with E-state index in [1.807, 2.05) is 54.6 Å². The van der Waals surface area contributed by atoms with Crippen molar-refractivity contribution in [3.63, 3.8) is 0 Å². The quantitative estimate of drug-likeness (QED) is 0.856. The van der Waals surface area contributed by atoms with Crippen molar-refractivity contribution in [3.8, 4) is 11.5 Å². The Morgan fingerprint density at radius 1 is 1.12 bits per heavy atom. The topological polar surface area (TPSA) is 59.6 Å². The summed E-state index contributed by atoms with van der Waals surface area (Å²) in [4.78, 5) is 12.0. The summed E-state index contributed by atoms with van der Waals surface area (Å²) in [7, 11) is 0. The molecule has 0 aromatic heterocycles. The number of benzene rings is 2. The van der Waals surface area contributed by atoms with Crippen LogP contribution < -0.4 is 15.4 Å². The Balaban J connectivity index is 1.44. The number of rotatable bonds is 6. The lowest BCUT2D eigenvalue weighted by Crippen LogP contribution is -2.44. The number of nitrogens with one attached hydrogen (secondary N) is 2. The molecular weight excluding hydrogens is 304 g/mol. The zero-order chi connectivity index (χ0) is 16.6. The maximum atomic E-state index is 12.0. The van der Waals surface area contributed by atoms with Gasteiger partial charge in [0.2, 0.25) is 5.91 Å². The van der Waals surface area contributed by atoms with E-state index in [0.717, 1.165) is 30.2 Å². The number of ether oxygens (including phenoxy) is 2. The number of amides is 1. The van der Waals surface area contributed by atoms with Crippen molar-refractivity contribution in [1.29, 1.82) is 0 Å². The first-order valence-electron chi connectivity index (χ1n) is 8.19. The highest BCUT2D eigenvalue weighted by Gasteiger charge is 2.16. The molecule has 3 rings (SSSR count). The van der Waals surface area contributed by atoms with Gasteiger partial charge in [0.1, 0.15) is 11.5 Å². The van der Waals surface area contributed by atoms with Gasteiger partial charge in [0, 0.05) is 25.6 Å². The second-order valence-electron chi connectivity index (χ2n) is 5.77. The number of morpholine rings is 1. The minimum Gasteiger partial charge on any atom is -0.457 e. The van der Waals surface area contributed by atoms with E-state index in [4.69, 9.17) is 9.47 Å². The standard InChI is InChI=1S/C19H22N2O3/c22-19(12-16-14-23-11-10-20-16)21-13-15-6-8-18(9-7-15)24-17-4-2-1-3-5-17/h1-9,16,20H,10-14H2,(H,21,22). The normalized spacial score (nSPS) is 17.2. The largest absolute Gasteiger partial charge is 0.457 e. The van der Waals surface area contributed by atoms with E-state index in [9.17, 15) is 4.79 Å². The van der Waals surface area contributed by atoms with E-state index >= 15 is 0 Å². The van der Waals surface area contributed by atoms with Crippen LogP contribution in [0.1, 0.15) is 12.0 Å². The van der Waals surface area contributed by atoms with Crippen molar-refractivity contribution in [2.75, 3.05) is 19.8 Å². The molecule has 1 unspecified atom stereocenters. The highest BCUT2D eigenvalue weighted by atomic mass is 16.5. The van der Waals surface area contributed by atoms with E-state index in [-0.39, 0.29) is 11.9 Å². The molecule has 0 bridgehead atoms. The van der Waals surface area contributed by atoms with Crippen LogP contribution in [0.2, 0.25) is 0 Å². The number of carbonyl (C=O) groups is 1. The van der Waals surface area contributed by atoms with E-state index < -0.39 is 0 Å². The van der Waals surface area contributed by atoms with Gasteiger partial charge in [-0.05, 0) is 29.8 Å². The summed E-state index contributed by atoms with van der Waals surface area (Å²) in [5.74, 6) is 1.61. The van der Waals surface area contributed by atoms with Gasteiger partial charge >= 0.3 is 0 Å². The molecule has 2 aromatic carbocycles. The summed E-state index contributed by atoms with van der Waals surface area (Å²) in [6.45, 7) is 2.63. The van der Waals surface area contributed by atoms with Crippen molar-refractivity contribution in [3.05, 3.63) is 60.2 Å². The number of carbonyl (C=O) groups excluding carboxylic acids is 1. The maximum Gasteiger partial charge on any atom is 0.221 e. The molecule has 0 radical (unpaired) electrons. The first kappa shape index (κ1) is 16.5. The maximum absolute atomic E-state index is 12.0. The fourth-order valence-corrected chi connectivity index (χ4v) is 2.55. The molecule has 126 valence electrons. The third kappa shape index (κ3) is 5.08. The summed E-state index contributed by atoms with van der Waals surface area (Å²) in [6, 6.07) is 17.5. The molecule has 5 heteroatoms. The first-order chi connectivity index (χ1) is 11.8. The molecular formula is C19H22N2O3. The second kappa shape index (κ2) is 8.47. The van der Waals surface area contributed by atoms with Crippen molar-refractivity contribution in [2.24, 2.45) is 0 Å². The molecule has 1 aliphatic heterocycles. The molecule has 0 saturated carbocycles. The van der Waals surface area contributed by atoms with Crippen LogP contribution in [0.3, 0.4) is 0 Å². The molecule has 5 nitrogen and oxygen atoms in total. The van der Waals surface area contributed by atoms with Crippen LogP contribution in [0.5, 0.6) is 11.5 Å². The minimum absolute atomic E-state index is 0.0302. The van der Waals surface area contributed by atoms with Crippen LogP contribution >= 0.6 is 0 Å². The van der Waals surface area contributed by atoms with E-state index in [2.05, 4.69) is 10.6 Å². The average Bonchev–Trinajstić information content (AvgIpc) is 2.63. The lowest BCUT2D eigenvalue weighted by molar-refractivity contribution is -0.122. The van der Waals surface area contributed by atoms with E-state index in [1.165, 1.54) is 0 Å². The Bertz CT molecular complexity index is 637. The van der Waals surface area contributed by atoms with Crippen molar-refractivity contribution in [2.45, 2.75) is 19.0 Å². The summed E-state index contributed by atoms with van der Waals surface area (Å²) < 4.78 is 11.1. The van der Waals surface area contributed by atoms with Gasteiger partial charge in [-0.3, -0.25) is 4.79 Å². The highest BCUT2D eigenvalue weighted by molar-refractivity contribution is 5.76. The molecule has 0 spiro atoms. The van der Waals surface area contributed by atoms with Gasteiger partial charge in [0.05, 0.1) is 13.2 Å². The average molecular weight is 326 g/mol. The Morgan fingerprint density at radius 2 is 1.88 bits per heavy atom. The predicted octanol–water partition coefficient (Wildman–Crippen LogP) is 2.47. The van der Waals surface area contributed by atoms with Crippen LogP contribution in [0.4, 0.5) is 0 Å². The van der Waals surface area contributed by atoms with Crippen LogP contribution in [-0.2, 0) is 16.1 Å². The molecule has 2 N–H and O–H groups in total. The number of hydrogen-bond donors (Lipinski definition) is 2. The van der Waals surface area contributed by atoms with Gasteiger partial charge in [-0.15, -0.1) is 0 Å². The van der Waals surface area contributed by atoms with Crippen LogP contribution in [0.15, 0.2) is 54.6 Å². The SMILES string of the molecule is O=C(CC1COCCN1)NCc1ccc(Oc2ccccc2)cc1. The number of hydrogen-bond acceptors (Lipinski definition) is 4. The van der Waals surface area contributed by atoms with Gasteiger partial charge in [0.15, 0.2) is 0 Å². The zero-order valence-electron chi connectivity index (χ0n) is 13.5. The summed E-state index contributed by atoms with van der Waals surface area (Å²) in [5, 5.41) is 6.22. The minimum atomic E-state index is 0.0302. The van der Waals surface area contributed by atoms with E-state index in [1.54, 1.807) is 0 Å². The monoisotopic (exact) mass is 326 g/mol. The fraction of sp³-hybridized carbons (Fsp3) is 0.316. The third-order valence-electron chi connectivity index (χ3n) is 3.82. The van der Waals surface area contributed by atoms with Gasteiger partial charge in [-0.25, -0.2) is 0 Å². The molecule has 0 aliphatic carbocycles. The lowest BCUT2D eigenvalue weighted by Gasteiger charge is -2.23. The van der Waals surface area contributed by atoms with Crippen LogP contribution in [-0.4, -0.2) is 31.7 Å². The van der Waals surface area contributed by atoms with Gasteiger partial charge in [-0.2, -0.15) is 0 Å². The summed E-state index contributed by atoms with van der Waals surface area (Å²) in [5.41, 5.74) is 1.04. The van der Waals surface area contributed by atoms with Crippen molar-refractivity contribution in [1.82, 2.24) is 10.6 Å². The molecule has 24 heavy (non-hydrogen) atoms. The molecule has 1 fully saturated rings. The van der Waals surface area contributed by atoms with Crippen molar-refractivity contribution >= 4 is 5.91 Å². The van der Waals surface area contributed by atoms with Crippen LogP contribution in [0, 0.1) is 0 Å². The zero-order valence-corrected chi connectivity index (χ0v) is 13.5. The Hall–Kier alpha value is -2.37. The van der Waals surface area contributed by atoms with Gasteiger partial charge in [-0.1, -0.05) is 30.3 Å². The van der Waals surface area contributed by atoms with E-state index in [0.29, 0.717) is 19.6 Å².